The van der Waals surface area contributed by atoms with Crippen molar-refractivity contribution < 1.29 is 5.11 Å². The Bertz CT molecular complexity index is 310. The Balaban J connectivity index is 2.33. The highest BCUT2D eigenvalue weighted by atomic mass is 16.3. The molecule has 1 N–H and O–H groups in total. The molecule has 1 aromatic carbocycles. The maximum absolute atomic E-state index is 10.0. The van der Waals surface area contributed by atoms with E-state index in [1.54, 1.807) is 0 Å². The molecule has 0 aliphatic carbocycles. The van der Waals surface area contributed by atoms with E-state index in [1.807, 2.05) is 6.07 Å². The Hall–Kier alpha value is -0.820. The van der Waals surface area contributed by atoms with Gasteiger partial charge in [0.25, 0.3) is 0 Å². The number of aliphatic hydroxyl groups is 1. The molecule has 0 aromatic heterocycles. The van der Waals surface area contributed by atoms with Crippen LogP contribution in [-0.4, -0.2) is 11.2 Å². The molecule has 0 fully saturated rings. The quantitative estimate of drug-likeness (QED) is 0.815. The van der Waals surface area contributed by atoms with Crippen molar-refractivity contribution in [2.75, 3.05) is 0 Å². The van der Waals surface area contributed by atoms with E-state index in [2.05, 4.69) is 52.0 Å². The maximum atomic E-state index is 10.0. The molecule has 17 heavy (non-hydrogen) atoms. The van der Waals surface area contributed by atoms with Gasteiger partial charge in [-0.1, -0.05) is 58.0 Å². The molecule has 96 valence electrons. The molecule has 1 aromatic rings. The molecule has 0 spiro atoms. The highest BCUT2D eigenvalue weighted by Crippen LogP contribution is 2.29. The van der Waals surface area contributed by atoms with E-state index in [0.717, 1.165) is 19.3 Å². The number of aryl methyl sites for hydroxylation is 1. The third-order valence-electron chi connectivity index (χ3n) is 3.71. The van der Waals surface area contributed by atoms with E-state index in [1.165, 1.54) is 5.56 Å². The summed E-state index contributed by atoms with van der Waals surface area (Å²) in [6, 6.07) is 10.4. The van der Waals surface area contributed by atoms with Gasteiger partial charge in [0.05, 0.1) is 6.10 Å². The zero-order valence-corrected chi connectivity index (χ0v) is 11.6. The summed E-state index contributed by atoms with van der Waals surface area (Å²) in [5.41, 5.74) is 1.60. The standard InChI is InChI=1S/C16H26O/c1-13(16(2,3)4)12-15(17)11-10-14-8-6-5-7-9-14/h5-9,13,15,17H,10-12H2,1-4H3. The molecule has 0 bridgehead atoms. The van der Waals surface area contributed by atoms with Crippen LogP contribution in [-0.2, 0) is 6.42 Å². The van der Waals surface area contributed by atoms with Crippen LogP contribution < -0.4 is 0 Å². The van der Waals surface area contributed by atoms with Crippen molar-refractivity contribution in [2.45, 2.75) is 53.1 Å². The van der Waals surface area contributed by atoms with Gasteiger partial charge in [-0.3, -0.25) is 0 Å². The topological polar surface area (TPSA) is 20.2 Å². The number of hydrogen-bond acceptors (Lipinski definition) is 1. The van der Waals surface area contributed by atoms with Gasteiger partial charge in [0, 0.05) is 0 Å². The number of aliphatic hydroxyl groups excluding tert-OH is 1. The van der Waals surface area contributed by atoms with E-state index < -0.39 is 0 Å². The van der Waals surface area contributed by atoms with Gasteiger partial charge in [-0.25, -0.2) is 0 Å². The number of benzene rings is 1. The zero-order chi connectivity index (χ0) is 12.9. The van der Waals surface area contributed by atoms with Gasteiger partial charge >= 0.3 is 0 Å². The van der Waals surface area contributed by atoms with Crippen molar-refractivity contribution in [1.29, 1.82) is 0 Å². The fourth-order valence-corrected chi connectivity index (χ4v) is 1.86. The molecule has 0 amide bonds. The Morgan fingerprint density at radius 2 is 1.71 bits per heavy atom. The molecule has 0 aliphatic heterocycles. The number of hydrogen-bond donors (Lipinski definition) is 1. The van der Waals surface area contributed by atoms with Crippen LogP contribution in [0.25, 0.3) is 0 Å². The lowest BCUT2D eigenvalue weighted by molar-refractivity contribution is 0.103. The predicted octanol–water partition coefficient (Wildman–Crippen LogP) is 4.05. The first-order valence-corrected chi connectivity index (χ1v) is 6.61. The largest absolute Gasteiger partial charge is 0.393 e. The lowest BCUT2D eigenvalue weighted by Crippen LogP contribution is -2.23. The summed E-state index contributed by atoms with van der Waals surface area (Å²) >= 11 is 0. The van der Waals surface area contributed by atoms with Crippen LogP contribution in [0.5, 0.6) is 0 Å². The van der Waals surface area contributed by atoms with Crippen molar-refractivity contribution in [1.82, 2.24) is 0 Å². The molecule has 0 saturated heterocycles. The monoisotopic (exact) mass is 234 g/mol. The number of rotatable bonds is 5. The van der Waals surface area contributed by atoms with Gasteiger partial charge in [-0.2, -0.15) is 0 Å². The van der Waals surface area contributed by atoms with Crippen LogP contribution in [0.3, 0.4) is 0 Å². The molecule has 2 unspecified atom stereocenters. The van der Waals surface area contributed by atoms with Gasteiger partial charge in [-0.05, 0) is 36.2 Å². The minimum Gasteiger partial charge on any atom is -0.393 e. The van der Waals surface area contributed by atoms with Crippen LogP contribution in [0.15, 0.2) is 30.3 Å². The van der Waals surface area contributed by atoms with Gasteiger partial charge in [0.15, 0.2) is 0 Å². The molecule has 1 heteroatoms. The van der Waals surface area contributed by atoms with E-state index >= 15 is 0 Å². The fourth-order valence-electron chi connectivity index (χ4n) is 1.86. The van der Waals surface area contributed by atoms with Crippen molar-refractivity contribution in [3.8, 4) is 0 Å². The minimum absolute atomic E-state index is 0.176. The van der Waals surface area contributed by atoms with Crippen LogP contribution in [0.1, 0.15) is 46.1 Å². The molecule has 0 saturated carbocycles. The van der Waals surface area contributed by atoms with Crippen LogP contribution in [0, 0.1) is 11.3 Å². The van der Waals surface area contributed by atoms with Crippen LogP contribution in [0.4, 0.5) is 0 Å². The Morgan fingerprint density at radius 1 is 1.12 bits per heavy atom. The Labute approximate surface area is 106 Å². The summed E-state index contributed by atoms with van der Waals surface area (Å²) < 4.78 is 0. The molecular weight excluding hydrogens is 208 g/mol. The SMILES string of the molecule is CC(CC(O)CCc1ccccc1)C(C)(C)C. The van der Waals surface area contributed by atoms with Gasteiger partial charge in [-0.15, -0.1) is 0 Å². The summed E-state index contributed by atoms with van der Waals surface area (Å²) in [6.07, 6.45) is 2.56. The molecular formula is C16H26O. The second-order valence-electron chi connectivity index (χ2n) is 6.18. The fraction of sp³-hybridized carbons (Fsp3) is 0.625. The Kier molecular flexibility index (Phi) is 5.20. The Morgan fingerprint density at radius 3 is 2.24 bits per heavy atom. The summed E-state index contributed by atoms with van der Waals surface area (Å²) in [7, 11) is 0. The molecule has 2 atom stereocenters. The highest BCUT2D eigenvalue weighted by molar-refractivity contribution is 5.14. The van der Waals surface area contributed by atoms with Crippen LogP contribution in [0.2, 0.25) is 0 Å². The van der Waals surface area contributed by atoms with E-state index in [9.17, 15) is 5.11 Å². The summed E-state index contributed by atoms with van der Waals surface area (Å²) in [5, 5.41) is 10.0. The lowest BCUT2D eigenvalue weighted by Gasteiger charge is -2.29. The third-order valence-corrected chi connectivity index (χ3v) is 3.71. The first-order valence-electron chi connectivity index (χ1n) is 6.61. The average molecular weight is 234 g/mol. The first-order chi connectivity index (χ1) is 7.89. The third kappa shape index (κ3) is 5.36. The van der Waals surface area contributed by atoms with Gasteiger partial charge < -0.3 is 5.11 Å². The average Bonchev–Trinajstić information content (AvgIpc) is 2.26. The van der Waals surface area contributed by atoms with Crippen molar-refractivity contribution >= 4 is 0 Å². The molecule has 0 aliphatic rings. The molecule has 1 nitrogen and oxygen atoms in total. The molecule has 0 radical (unpaired) electrons. The normalized spacial score (nSPS) is 15.6. The maximum Gasteiger partial charge on any atom is 0.0546 e. The van der Waals surface area contributed by atoms with Gasteiger partial charge in [0.1, 0.15) is 0 Å². The molecule has 1 rings (SSSR count). The minimum atomic E-state index is -0.176. The second-order valence-corrected chi connectivity index (χ2v) is 6.18. The van der Waals surface area contributed by atoms with E-state index in [0.29, 0.717) is 5.92 Å². The van der Waals surface area contributed by atoms with Gasteiger partial charge in [0.2, 0.25) is 0 Å². The van der Waals surface area contributed by atoms with Crippen molar-refractivity contribution in [3.63, 3.8) is 0 Å². The van der Waals surface area contributed by atoms with Crippen LogP contribution >= 0.6 is 0 Å². The smallest absolute Gasteiger partial charge is 0.0546 e. The van der Waals surface area contributed by atoms with Crippen molar-refractivity contribution in [3.05, 3.63) is 35.9 Å². The van der Waals surface area contributed by atoms with E-state index in [-0.39, 0.29) is 11.5 Å². The highest BCUT2D eigenvalue weighted by Gasteiger charge is 2.22. The first kappa shape index (κ1) is 14.2. The molecule has 0 heterocycles. The summed E-state index contributed by atoms with van der Waals surface area (Å²) in [5.74, 6) is 0.549. The summed E-state index contributed by atoms with van der Waals surface area (Å²) in [6.45, 7) is 8.94. The lowest BCUT2D eigenvalue weighted by atomic mass is 9.78. The summed E-state index contributed by atoms with van der Waals surface area (Å²) in [4.78, 5) is 0. The second kappa shape index (κ2) is 6.20. The predicted molar refractivity (Wildman–Crippen MR) is 74.0 cm³/mol. The zero-order valence-electron chi connectivity index (χ0n) is 11.6. The van der Waals surface area contributed by atoms with E-state index in [4.69, 9.17) is 0 Å². The van der Waals surface area contributed by atoms with Crippen molar-refractivity contribution in [2.24, 2.45) is 11.3 Å².